The molecule has 0 unspecified atom stereocenters. The maximum absolute atomic E-state index is 5.46. The minimum atomic E-state index is 0.738. The van der Waals surface area contributed by atoms with Crippen LogP contribution < -0.4 is 5.73 Å². The lowest BCUT2D eigenvalue weighted by Crippen LogP contribution is -1.98. The van der Waals surface area contributed by atoms with E-state index in [-0.39, 0.29) is 0 Å². The molecule has 0 aliphatic heterocycles. The Morgan fingerprint density at radius 1 is 1.25 bits per heavy atom. The zero-order chi connectivity index (χ0) is 14.2. The first-order chi connectivity index (χ1) is 9.78. The molecule has 5 heteroatoms. The van der Waals surface area contributed by atoms with Crippen LogP contribution >= 0.6 is 11.8 Å². The predicted octanol–water partition coefficient (Wildman–Crippen LogP) is 3.34. The van der Waals surface area contributed by atoms with Crippen LogP contribution in [0.4, 0.5) is 0 Å². The highest BCUT2D eigenvalue weighted by atomic mass is 32.2. The van der Waals surface area contributed by atoms with Crippen LogP contribution in [-0.4, -0.2) is 16.7 Å². The summed E-state index contributed by atoms with van der Waals surface area (Å²) in [6.45, 7) is 2.85. The maximum atomic E-state index is 5.46. The molecule has 0 saturated heterocycles. The van der Waals surface area contributed by atoms with E-state index in [2.05, 4.69) is 41.3 Å². The first kappa shape index (κ1) is 15.1. The third kappa shape index (κ3) is 4.98. The number of hydrogen-bond donors (Lipinski definition) is 1. The van der Waals surface area contributed by atoms with Crippen molar-refractivity contribution in [3.8, 4) is 0 Å². The van der Waals surface area contributed by atoms with Gasteiger partial charge in [-0.2, -0.15) is 4.98 Å². The quantitative estimate of drug-likeness (QED) is 0.597. The number of nitrogens with zero attached hydrogens (tertiary/aromatic N) is 2. The van der Waals surface area contributed by atoms with Crippen molar-refractivity contribution >= 4 is 11.8 Å². The van der Waals surface area contributed by atoms with E-state index in [0.29, 0.717) is 0 Å². The molecule has 0 saturated carbocycles. The highest BCUT2D eigenvalue weighted by Gasteiger charge is 2.06. The minimum Gasteiger partial charge on any atom is -0.339 e. The monoisotopic (exact) mass is 291 g/mol. The predicted molar refractivity (Wildman–Crippen MR) is 81.6 cm³/mol. The van der Waals surface area contributed by atoms with E-state index in [4.69, 9.17) is 10.3 Å². The maximum Gasteiger partial charge on any atom is 0.226 e. The number of thioether (sulfide) groups is 1. The Bertz CT molecular complexity index is 527. The van der Waals surface area contributed by atoms with Gasteiger partial charge in [0.1, 0.15) is 0 Å². The third-order valence-electron chi connectivity index (χ3n) is 2.96. The number of nitrogens with two attached hydrogens (primary N) is 1. The van der Waals surface area contributed by atoms with Crippen LogP contribution in [-0.2, 0) is 12.2 Å². The third-order valence-corrected chi connectivity index (χ3v) is 3.95. The lowest BCUT2D eigenvalue weighted by Gasteiger charge is -1.99. The number of benzene rings is 1. The smallest absolute Gasteiger partial charge is 0.226 e. The largest absolute Gasteiger partial charge is 0.339 e. The lowest BCUT2D eigenvalue weighted by molar-refractivity contribution is 0.370. The molecule has 0 fully saturated rings. The Balaban J connectivity index is 1.78. The fourth-order valence-electron chi connectivity index (χ4n) is 1.90. The van der Waals surface area contributed by atoms with Gasteiger partial charge in [0.2, 0.25) is 5.89 Å². The highest BCUT2D eigenvalue weighted by molar-refractivity contribution is 7.98. The van der Waals surface area contributed by atoms with Crippen molar-refractivity contribution in [3.05, 3.63) is 41.5 Å². The highest BCUT2D eigenvalue weighted by Crippen LogP contribution is 2.22. The Morgan fingerprint density at radius 2 is 2.15 bits per heavy atom. The molecular weight excluding hydrogens is 270 g/mol. The molecule has 1 aromatic heterocycles. The van der Waals surface area contributed by atoms with Gasteiger partial charge in [-0.15, -0.1) is 11.8 Å². The van der Waals surface area contributed by atoms with E-state index in [1.54, 1.807) is 11.8 Å². The zero-order valence-electron chi connectivity index (χ0n) is 11.8. The molecule has 1 aromatic carbocycles. The number of aryl methyl sites for hydroxylation is 2. The SMILES string of the molecule is Cc1cccc(SCc2noc(CCCCCN)n2)c1. The van der Waals surface area contributed by atoms with Gasteiger partial charge in [0.05, 0.1) is 5.75 Å². The second-order valence-electron chi connectivity index (χ2n) is 4.81. The second-order valence-corrected chi connectivity index (χ2v) is 5.86. The minimum absolute atomic E-state index is 0.738. The van der Waals surface area contributed by atoms with Crippen molar-refractivity contribution in [2.75, 3.05) is 6.54 Å². The van der Waals surface area contributed by atoms with Gasteiger partial charge in [0, 0.05) is 11.3 Å². The van der Waals surface area contributed by atoms with Crippen LogP contribution in [0.15, 0.2) is 33.7 Å². The average molecular weight is 291 g/mol. The van der Waals surface area contributed by atoms with E-state index < -0.39 is 0 Å². The van der Waals surface area contributed by atoms with Gasteiger partial charge in [-0.05, 0) is 38.4 Å². The van der Waals surface area contributed by atoms with Gasteiger partial charge in [-0.1, -0.05) is 29.3 Å². The standard InChI is InChI=1S/C15H21N3OS/c1-12-6-5-7-13(10-12)20-11-14-17-15(19-18-14)8-3-2-4-9-16/h5-7,10H,2-4,8-9,11,16H2,1H3. The van der Waals surface area contributed by atoms with E-state index in [1.165, 1.54) is 10.5 Å². The summed E-state index contributed by atoms with van der Waals surface area (Å²) < 4.78 is 5.25. The summed E-state index contributed by atoms with van der Waals surface area (Å²) in [6, 6.07) is 8.43. The molecular formula is C15H21N3OS. The molecule has 0 amide bonds. The Hall–Kier alpha value is -1.33. The van der Waals surface area contributed by atoms with Gasteiger partial charge < -0.3 is 10.3 Å². The molecule has 4 nitrogen and oxygen atoms in total. The van der Waals surface area contributed by atoms with Gasteiger partial charge in [0.25, 0.3) is 0 Å². The van der Waals surface area contributed by atoms with Crippen molar-refractivity contribution in [2.24, 2.45) is 5.73 Å². The molecule has 108 valence electrons. The van der Waals surface area contributed by atoms with Gasteiger partial charge in [-0.25, -0.2) is 0 Å². The fraction of sp³-hybridized carbons (Fsp3) is 0.467. The Morgan fingerprint density at radius 3 is 2.95 bits per heavy atom. The molecule has 20 heavy (non-hydrogen) atoms. The summed E-state index contributed by atoms with van der Waals surface area (Å²) in [5.41, 5.74) is 6.73. The van der Waals surface area contributed by atoms with Gasteiger partial charge in [-0.3, -0.25) is 0 Å². The number of aromatic nitrogens is 2. The van der Waals surface area contributed by atoms with E-state index >= 15 is 0 Å². The van der Waals surface area contributed by atoms with E-state index in [9.17, 15) is 0 Å². The molecule has 2 N–H and O–H groups in total. The molecule has 0 aliphatic rings. The molecule has 2 aromatic rings. The van der Waals surface area contributed by atoms with E-state index in [1.807, 2.05) is 0 Å². The summed E-state index contributed by atoms with van der Waals surface area (Å²) in [7, 11) is 0. The Kier molecular flexibility index (Phi) is 6.08. The number of hydrogen-bond acceptors (Lipinski definition) is 5. The summed E-state index contributed by atoms with van der Waals surface area (Å²) in [4.78, 5) is 5.65. The molecule has 0 aliphatic carbocycles. The van der Waals surface area contributed by atoms with Gasteiger partial charge in [0.15, 0.2) is 5.82 Å². The van der Waals surface area contributed by atoms with Crippen LogP contribution in [0.5, 0.6) is 0 Å². The number of rotatable bonds is 8. The van der Waals surface area contributed by atoms with Crippen LogP contribution in [0, 0.1) is 6.92 Å². The Labute approximate surface area is 124 Å². The molecule has 2 rings (SSSR count). The first-order valence-electron chi connectivity index (χ1n) is 6.99. The fourth-order valence-corrected chi connectivity index (χ4v) is 2.76. The van der Waals surface area contributed by atoms with Crippen molar-refractivity contribution < 1.29 is 4.52 Å². The average Bonchev–Trinajstić information content (AvgIpc) is 2.89. The summed E-state index contributed by atoms with van der Waals surface area (Å²) in [5.74, 6) is 2.25. The molecule has 1 heterocycles. The van der Waals surface area contributed by atoms with E-state index in [0.717, 1.165) is 49.7 Å². The van der Waals surface area contributed by atoms with Crippen LogP contribution in [0.1, 0.15) is 36.5 Å². The van der Waals surface area contributed by atoms with Crippen molar-refractivity contribution in [1.82, 2.24) is 10.1 Å². The molecule has 0 spiro atoms. The number of unbranched alkanes of at least 4 members (excludes halogenated alkanes) is 2. The summed E-state index contributed by atoms with van der Waals surface area (Å²) in [5, 5.41) is 4.02. The summed E-state index contributed by atoms with van der Waals surface area (Å²) >= 11 is 1.73. The van der Waals surface area contributed by atoms with Crippen LogP contribution in [0.3, 0.4) is 0 Å². The molecule has 0 bridgehead atoms. The second kappa shape index (κ2) is 8.07. The topological polar surface area (TPSA) is 64.9 Å². The van der Waals surface area contributed by atoms with Gasteiger partial charge >= 0.3 is 0 Å². The van der Waals surface area contributed by atoms with Crippen molar-refractivity contribution in [3.63, 3.8) is 0 Å². The lowest BCUT2D eigenvalue weighted by atomic mass is 10.2. The first-order valence-corrected chi connectivity index (χ1v) is 7.97. The zero-order valence-corrected chi connectivity index (χ0v) is 12.7. The van der Waals surface area contributed by atoms with Crippen LogP contribution in [0.25, 0.3) is 0 Å². The summed E-state index contributed by atoms with van der Waals surface area (Å²) in [6.07, 6.45) is 4.09. The molecule has 0 atom stereocenters. The van der Waals surface area contributed by atoms with Crippen molar-refractivity contribution in [1.29, 1.82) is 0 Å². The van der Waals surface area contributed by atoms with Crippen molar-refractivity contribution in [2.45, 2.75) is 43.3 Å². The van der Waals surface area contributed by atoms with Crippen LogP contribution in [0.2, 0.25) is 0 Å². The molecule has 0 radical (unpaired) electrons. The normalized spacial score (nSPS) is 10.9.